The lowest BCUT2D eigenvalue weighted by atomic mass is 10.3. The normalized spacial score (nSPS) is 10.3. The van der Waals surface area contributed by atoms with Gasteiger partial charge in [-0.25, -0.2) is 0 Å². The Morgan fingerprint density at radius 2 is 1.59 bits per heavy atom. The molecule has 0 fully saturated rings. The van der Waals surface area contributed by atoms with E-state index >= 15 is 0 Å². The lowest BCUT2D eigenvalue weighted by Crippen LogP contribution is -1.92. The highest BCUT2D eigenvalue weighted by atomic mass is 79.9. The van der Waals surface area contributed by atoms with Gasteiger partial charge in [0, 0.05) is 16.1 Å². The summed E-state index contributed by atoms with van der Waals surface area (Å²) in [7, 11) is 0. The third kappa shape index (κ3) is 3.06. The minimum Gasteiger partial charge on any atom is -0.454 e. The highest BCUT2D eigenvalue weighted by molar-refractivity contribution is 9.10. The zero-order valence-corrected chi connectivity index (χ0v) is 11.7. The van der Waals surface area contributed by atoms with Crippen molar-refractivity contribution in [2.24, 2.45) is 0 Å². The highest BCUT2D eigenvalue weighted by Gasteiger charge is 2.06. The second-order valence-electron chi connectivity index (χ2n) is 3.36. The minimum atomic E-state index is 0.514. The van der Waals surface area contributed by atoms with E-state index < -0.39 is 0 Å². The van der Waals surface area contributed by atoms with Crippen LogP contribution in [0.3, 0.4) is 0 Å². The van der Waals surface area contributed by atoms with Gasteiger partial charge in [-0.3, -0.25) is 0 Å². The number of benzene rings is 2. The molecule has 0 saturated heterocycles. The molecule has 2 nitrogen and oxygen atoms in total. The molecule has 17 heavy (non-hydrogen) atoms. The van der Waals surface area contributed by atoms with E-state index in [4.69, 9.17) is 33.7 Å². The summed E-state index contributed by atoms with van der Waals surface area (Å²) in [4.78, 5) is 0. The van der Waals surface area contributed by atoms with Crippen LogP contribution >= 0.6 is 39.1 Å². The van der Waals surface area contributed by atoms with Crippen molar-refractivity contribution in [2.75, 3.05) is 5.73 Å². The van der Waals surface area contributed by atoms with Gasteiger partial charge in [0.15, 0.2) is 5.75 Å². The molecular formula is C12H8BrCl2NO. The van der Waals surface area contributed by atoms with Gasteiger partial charge in [-0.05, 0) is 46.3 Å². The van der Waals surface area contributed by atoms with Crippen molar-refractivity contribution in [1.29, 1.82) is 0 Å². The molecule has 88 valence electrons. The van der Waals surface area contributed by atoms with Crippen LogP contribution < -0.4 is 10.5 Å². The van der Waals surface area contributed by atoms with Crippen molar-refractivity contribution in [1.82, 2.24) is 0 Å². The third-order valence-corrected chi connectivity index (χ3v) is 3.18. The molecule has 2 aromatic carbocycles. The van der Waals surface area contributed by atoms with E-state index in [1.54, 1.807) is 36.4 Å². The predicted octanol–water partition coefficient (Wildman–Crippen LogP) is 5.13. The smallest absolute Gasteiger partial charge is 0.151 e. The maximum absolute atomic E-state index is 5.88. The lowest BCUT2D eigenvalue weighted by molar-refractivity contribution is 0.482. The average molecular weight is 333 g/mol. The summed E-state index contributed by atoms with van der Waals surface area (Å²) in [6, 6.07) is 10.3. The van der Waals surface area contributed by atoms with E-state index in [9.17, 15) is 0 Å². The van der Waals surface area contributed by atoms with Crippen LogP contribution in [0.15, 0.2) is 40.9 Å². The molecule has 2 N–H and O–H groups in total. The molecular weight excluding hydrogens is 325 g/mol. The van der Waals surface area contributed by atoms with Crippen LogP contribution in [-0.2, 0) is 0 Å². The molecule has 0 amide bonds. The zero-order chi connectivity index (χ0) is 12.4. The minimum absolute atomic E-state index is 0.514. The standard InChI is InChI=1S/C12H8BrCl2NO/c13-9-5-7(14)2-4-11(9)17-12-6-8(15)1-3-10(12)16/h1-6H,16H2. The number of nitrogen functional groups attached to an aromatic ring is 1. The summed E-state index contributed by atoms with van der Waals surface area (Å²) < 4.78 is 6.41. The van der Waals surface area contributed by atoms with Gasteiger partial charge in [0.1, 0.15) is 5.75 Å². The zero-order valence-electron chi connectivity index (χ0n) is 8.58. The first-order valence-electron chi connectivity index (χ1n) is 4.74. The van der Waals surface area contributed by atoms with Crippen LogP contribution in [0, 0.1) is 0 Å². The van der Waals surface area contributed by atoms with E-state index in [0.29, 0.717) is 27.2 Å². The fraction of sp³-hybridized carbons (Fsp3) is 0. The molecule has 0 heterocycles. The second-order valence-corrected chi connectivity index (χ2v) is 5.09. The van der Waals surface area contributed by atoms with Crippen molar-refractivity contribution >= 4 is 44.8 Å². The highest BCUT2D eigenvalue weighted by Crippen LogP contribution is 2.35. The number of anilines is 1. The van der Waals surface area contributed by atoms with Gasteiger partial charge in [-0.2, -0.15) is 0 Å². The number of hydrogen-bond donors (Lipinski definition) is 1. The Labute approximate surface area is 117 Å². The van der Waals surface area contributed by atoms with Crippen molar-refractivity contribution in [2.45, 2.75) is 0 Å². The maximum atomic E-state index is 5.88. The van der Waals surface area contributed by atoms with E-state index in [1.165, 1.54) is 0 Å². The van der Waals surface area contributed by atoms with E-state index in [1.807, 2.05) is 0 Å². The SMILES string of the molecule is Nc1ccc(Cl)cc1Oc1ccc(Cl)cc1Br. The molecule has 2 rings (SSSR count). The third-order valence-electron chi connectivity index (χ3n) is 2.09. The number of ether oxygens (including phenoxy) is 1. The van der Waals surface area contributed by atoms with E-state index in [0.717, 1.165) is 4.47 Å². The maximum Gasteiger partial charge on any atom is 0.151 e. The Kier molecular flexibility index (Phi) is 3.82. The Balaban J connectivity index is 2.34. The number of rotatable bonds is 2. The van der Waals surface area contributed by atoms with Crippen LogP contribution in [0.1, 0.15) is 0 Å². The summed E-state index contributed by atoms with van der Waals surface area (Å²) in [6.07, 6.45) is 0. The van der Waals surface area contributed by atoms with Crippen LogP contribution in [0.4, 0.5) is 5.69 Å². The van der Waals surface area contributed by atoms with E-state index in [-0.39, 0.29) is 0 Å². The molecule has 0 aliphatic heterocycles. The summed E-state index contributed by atoms with van der Waals surface area (Å²) in [5.74, 6) is 1.14. The molecule has 0 bridgehead atoms. The van der Waals surface area contributed by atoms with Gasteiger partial charge in [0.05, 0.1) is 10.2 Å². The molecule has 0 radical (unpaired) electrons. The van der Waals surface area contributed by atoms with E-state index in [2.05, 4.69) is 15.9 Å². The van der Waals surface area contributed by atoms with Gasteiger partial charge in [-0.1, -0.05) is 23.2 Å². The molecule has 0 spiro atoms. The Morgan fingerprint density at radius 3 is 2.29 bits per heavy atom. The van der Waals surface area contributed by atoms with Gasteiger partial charge >= 0.3 is 0 Å². The Bertz CT molecular complexity index is 560. The molecule has 0 aromatic heterocycles. The molecule has 0 aliphatic carbocycles. The number of halogens is 3. The summed E-state index contributed by atoms with van der Waals surface area (Å²) in [6.45, 7) is 0. The monoisotopic (exact) mass is 331 g/mol. The summed E-state index contributed by atoms with van der Waals surface area (Å²) in [5.41, 5.74) is 6.32. The Hall–Kier alpha value is -0.900. The fourth-order valence-corrected chi connectivity index (χ4v) is 2.20. The number of nitrogens with two attached hydrogens (primary N) is 1. The number of hydrogen-bond acceptors (Lipinski definition) is 2. The van der Waals surface area contributed by atoms with Crippen LogP contribution in [0.5, 0.6) is 11.5 Å². The fourth-order valence-electron chi connectivity index (χ4n) is 1.27. The van der Waals surface area contributed by atoms with Gasteiger partial charge in [0.25, 0.3) is 0 Å². The van der Waals surface area contributed by atoms with Crippen molar-refractivity contribution < 1.29 is 4.74 Å². The average Bonchev–Trinajstić information content (AvgIpc) is 2.27. The van der Waals surface area contributed by atoms with Crippen LogP contribution in [0.25, 0.3) is 0 Å². The van der Waals surface area contributed by atoms with Gasteiger partial charge in [0.2, 0.25) is 0 Å². The van der Waals surface area contributed by atoms with Gasteiger partial charge < -0.3 is 10.5 Å². The Morgan fingerprint density at radius 1 is 0.941 bits per heavy atom. The van der Waals surface area contributed by atoms with Crippen LogP contribution in [-0.4, -0.2) is 0 Å². The molecule has 5 heteroatoms. The quantitative estimate of drug-likeness (QED) is 0.773. The first kappa shape index (κ1) is 12.6. The molecule has 0 aliphatic rings. The molecule has 0 saturated carbocycles. The lowest BCUT2D eigenvalue weighted by Gasteiger charge is -2.10. The van der Waals surface area contributed by atoms with Crippen molar-refractivity contribution in [3.05, 3.63) is 50.9 Å². The second kappa shape index (κ2) is 5.17. The first-order valence-corrected chi connectivity index (χ1v) is 6.29. The topological polar surface area (TPSA) is 35.2 Å². The molecule has 2 aromatic rings. The predicted molar refractivity (Wildman–Crippen MR) is 75.1 cm³/mol. The first-order chi connectivity index (χ1) is 8.06. The van der Waals surface area contributed by atoms with Gasteiger partial charge in [-0.15, -0.1) is 0 Å². The van der Waals surface area contributed by atoms with Crippen molar-refractivity contribution in [3.8, 4) is 11.5 Å². The molecule has 0 unspecified atom stereocenters. The largest absolute Gasteiger partial charge is 0.454 e. The summed E-state index contributed by atoms with van der Waals surface area (Å²) >= 11 is 15.1. The summed E-state index contributed by atoms with van der Waals surface area (Å²) in [5, 5.41) is 1.20. The van der Waals surface area contributed by atoms with Crippen molar-refractivity contribution in [3.63, 3.8) is 0 Å². The molecule has 0 atom stereocenters. The van der Waals surface area contributed by atoms with Crippen LogP contribution in [0.2, 0.25) is 10.0 Å².